The van der Waals surface area contributed by atoms with E-state index in [1.165, 1.54) is 0 Å². The van der Waals surface area contributed by atoms with Crippen LogP contribution in [0, 0.1) is 0 Å². The monoisotopic (exact) mass is 347 g/mol. The minimum absolute atomic E-state index is 0.330. The first kappa shape index (κ1) is 18.1. The van der Waals surface area contributed by atoms with E-state index in [-0.39, 0.29) is 0 Å². The van der Waals surface area contributed by atoms with Gasteiger partial charge in [0.2, 0.25) is 0 Å². The Morgan fingerprint density at radius 2 is 1.31 bits per heavy atom. The average molecular weight is 347 g/mol. The minimum atomic E-state index is 0.330. The van der Waals surface area contributed by atoms with Gasteiger partial charge in [-0.25, -0.2) is 0 Å². The van der Waals surface area contributed by atoms with E-state index in [1.54, 1.807) is 6.07 Å². The Balaban J connectivity index is 1.58. The molecule has 1 aromatic carbocycles. The molecule has 2 aromatic heterocycles. The second-order valence-corrected chi connectivity index (χ2v) is 6.40. The number of hydrogen-bond acceptors (Lipinski definition) is 4. The Bertz CT molecular complexity index is 734. The maximum Gasteiger partial charge on any atom is 0.115 e. The zero-order chi connectivity index (χ0) is 18.0. The number of nitrogens with zero attached hydrogens (tertiary/aromatic N) is 3. The molecule has 3 aromatic rings. The van der Waals surface area contributed by atoms with Crippen molar-refractivity contribution >= 4 is 0 Å². The SMILES string of the molecule is Oc1cccc(CCN(CCc2ccccn2)CCc2ccccn2)c1. The van der Waals surface area contributed by atoms with Crippen molar-refractivity contribution < 1.29 is 5.11 Å². The molecule has 0 saturated carbocycles. The van der Waals surface area contributed by atoms with Gasteiger partial charge in [0, 0.05) is 56.3 Å². The van der Waals surface area contributed by atoms with E-state index in [0.29, 0.717) is 5.75 Å². The zero-order valence-corrected chi connectivity index (χ0v) is 15.0. The molecule has 0 aliphatic rings. The Morgan fingerprint density at radius 1 is 0.692 bits per heavy atom. The van der Waals surface area contributed by atoms with Gasteiger partial charge in [0.15, 0.2) is 0 Å². The summed E-state index contributed by atoms with van der Waals surface area (Å²) in [4.78, 5) is 11.3. The van der Waals surface area contributed by atoms with Crippen LogP contribution in [0.2, 0.25) is 0 Å². The third-order valence-corrected chi connectivity index (χ3v) is 4.45. The van der Waals surface area contributed by atoms with Crippen LogP contribution in [0.15, 0.2) is 73.1 Å². The van der Waals surface area contributed by atoms with Crippen molar-refractivity contribution in [1.82, 2.24) is 14.9 Å². The van der Waals surface area contributed by atoms with Crippen molar-refractivity contribution in [3.8, 4) is 5.75 Å². The molecule has 0 spiro atoms. The van der Waals surface area contributed by atoms with Crippen LogP contribution in [-0.4, -0.2) is 39.6 Å². The van der Waals surface area contributed by atoms with Crippen molar-refractivity contribution in [3.05, 3.63) is 90.0 Å². The number of aromatic hydroxyl groups is 1. The fourth-order valence-electron chi connectivity index (χ4n) is 2.97. The maximum absolute atomic E-state index is 9.65. The summed E-state index contributed by atoms with van der Waals surface area (Å²) >= 11 is 0. The van der Waals surface area contributed by atoms with Gasteiger partial charge in [0.25, 0.3) is 0 Å². The Labute approximate surface area is 155 Å². The molecule has 0 saturated heterocycles. The minimum Gasteiger partial charge on any atom is -0.508 e. The topological polar surface area (TPSA) is 49.2 Å². The van der Waals surface area contributed by atoms with Crippen LogP contribution in [0.1, 0.15) is 17.0 Å². The summed E-state index contributed by atoms with van der Waals surface area (Å²) in [5, 5.41) is 9.65. The molecular formula is C22H25N3O. The molecule has 0 bridgehead atoms. The molecule has 4 heteroatoms. The van der Waals surface area contributed by atoms with Crippen molar-refractivity contribution in [2.45, 2.75) is 19.3 Å². The summed E-state index contributed by atoms with van der Waals surface area (Å²) in [7, 11) is 0. The van der Waals surface area contributed by atoms with Crippen LogP contribution in [-0.2, 0) is 19.3 Å². The Kier molecular flexibility index (Phi) is 6.73. The number of benzene rings is 1. The predicted octanol–water partition coefficient (Wildman–Crippen LogP) is 3.51. The number of pyridine rings is 2. The number of phenolic OH excluding ortho intramolecular Hbond substituents is 1. The van der Waals surface area contributed by atoms with Gasteiger partial charge in [0.1, 0.15) is 5.75 Å². The van der Waals surface area contributed by atoms with E-state index in [1.807, 2.05) is 48.8 Å². The van der Waals surface area contributed by atoms with Crippen molar-refractivity contribution in [3.63, 3.8) is 0 Å². The highest BCUT2D eigenvalue weighted by molar-refractivity contribution is 5.27. The number of aromatic nitrogens is 2. The molecule has 4 nitrogen and oxygen atoms in total. The summed E-state index contributed by atoms with van der Waals surface area (Å²) in [6.45, 7) is 2.87. The van der Waals surface area contributed by atoms with E-state index in [2.05, 4.69) is 33.1 Å². The predicted molar refractivity (Wildman–Crippen MR) is 104 cm³/mol. The number of phenols is 1. The fraction of sp³-hybridized carbons (Fsp3) is 0.273. The molecular weight excluding hydrogens is 322 g/mol. The molecule has 3 rings (SSSR count). The van der Waals surface area contributed by atoms with E-state index >= 15 is 0 Å². The molecule has 0 atom stereocenters. The lowest BCUT2D eigenvalue weighted by Crippen LogP contribution is -2.31. The zero-order valence-electron chi connectivity index (χ0n) is 15.0. The molecule has 134 valence electrons. The van der Waals surface area contributed by atoms with E-state index in [0.717, 1.165) is 55.8 Å². The van der Waals surface area contributed by atoms with Crippen molar-refractivity contribution in [2.75, 3.05) is 19.6 Å². The van der Waals surface area contributed by atoms with E-state index in [9.17, 15) is 5.11 Å². The maximum atomic E-state index is 9.65. The second-order valence-electron chi connectivity index (χ2n) is 6.40. The first-order valence-electron chi connectivity index (χ1n) is 9.10. The third-order valence-electron chi connectivity index (χ3n) is 4.45. The smallest absolute Gasteiger partial charge is 0.115 e. The molecule has 0 aliphatic carbocycles. The van der Waals surface area contributed by atoms with Gasteiger partial charge >= 0.3 is 0 Å². The van der Waals surface area contributed by atoms with Gasteiger partial charge in [-0.3, -0.25) is 9.97 Å². The van der Waals surface area contributed by atoms with Crippen LogP contribution >= 0.6 is 0 Å². The third kappa shape index (κ3) is 5.97. The van der Waals surface area contributed by atoms with Crippen molar-refractivity contribution in [1.29, 1.82) is 0 Å². The molecule has 26 heavy (non-hydrogen) atoms. The van der Waals surface area contributed by atoms with Gasteiger partial charge in [-0.05, 0) is 48.4 Å². The summed E-state index contributed by atoms with van der Waals surface area (Å²) in [5.74, 6) is 0.330. The first-order chi connectivity index (χ1) is 12.8. The average Bonchev–Trinajstić information content (AvgIpc) is 2.69. The Hall–Kier alpha value is -2.72. The van der Waals surface area contributed by atoms with Crippen LogP contribution < -0.4 is 0 Å². The molecule has 0 radical (unpaired) electrons. The normalized spacial score (nSPS) is 11.0. The largest absolute Gasteiger partial charge is 0.508 e. The first-order valence-corrected chi connectivity index (χ1v) is 9.10. The number of rotatable bonds is 9. The second kappa shape index (κ2) is 9.68. The summed E-state index contributed by atoms with van der Waals surface area (Å²) < 4.78 is 0. The lowest BCUT2D eigenvalue weighted by molar-refractivity contribution is 0.282. The van der Waals surface area contributed by atoms with Gasteiger partial charge < -0.3 is 10.0 Å². The number of hydrogen-bond donors (Lipinski definition) is 1. The molecule has 0 amide bonds. The van der Waals surface area contributed by atoms with Crippen LogP contribution in [0.3, 0.4) is 0 Å². The van der Waals surface area contributed by atoms with E-state index < -0.39 is 0 Å². The van der Waals surface area contributed by atoms with Crippen LogP contribution in [0.25, 0.3) is 0 Å². The Morgan fingerprint density at radius 3 is 1.85 bits per heavy atom. The highest BCUT2D eigenvalue weighted by atomic mass is 16.3. The molecule has 0 fully saturated rings. The van der Waals surface area contributed by atoms with Gasteiger partial charge in [0.05, 0.1) is 0 Å². The lowest BCUT2D eigenvalue weighted by atomic mass is 10.1. The highest BCUT2D eigenvalue weighted by Crippen LogP contribution is 2.12. The summed E-state index contributed by atoms with van der Waals surface area (Å²) in [5.41, 5.74) is 3.39. The van der Waals surface area contributed by atoms with Crippen LogP contribution in [0.4, 0.5) is 0 Å². The standard InChI is InChI=1S/C22H25N3O/c26-22-9-5-6-19(18-22)10-15-25(16-11-20-7-1-3-13-23-20)17-12-21-8-2-4-14-24-21/h1-9,13-14,18,26H,10-12,15-17H2. The lowest BCUT2D eigenvalue weighted by Gasteiger charge is -2.22. The summed E-state index contributed by atoms with van der Waals surface area (Å²) in [6, 6.07) is 19.6. The molecule has 0 aliphatic heterocycles. The molecule has 0 unspecified atom stereocenters. The van der Waals surface area contributed by atoms with Crippen LogP contribution in [0.5, 0.6) is 5.75 Å². The van der Waals surface area contributed by atoms with Gasteiger partial charge in [-0.2, -0.15) is 0 Å². The quantitative estimate of drug-likeness (QED) is 0.643. The van der Waals surface area contributed by atoms with Gasteiger partial charge in [-0.15, -0.1) is 0 Å². The molecule has 1 N–H and O–H groups in total. The summed E-state index contributed by atoms with van der Waals surface area (Å²) in [6.07, 6.45) is 6.48. The fourth-order valence-corrected chi connectivity index (χ4v) is 2.97. The highest BCUT2D eigenvalue weighted by Gasteiger charge is 2.08. The molecule has 2 heterocycles. The van der Waals surface area contributed by atoms with E-state index in [4.69, 9.17) is 0 Å². The van der Waals surface area contributed by atoms with Crippen molar-refractivity contribution in [2.24, 2.45) is 0 Å². The van der Waals surface area contributed by atoms with Gasteiger partial charge in [-0.1, -0.05) is 24.3 Å².